The minimum atomic E-state index is -0.854. The molecule has 0 aromatic heterocycles. The quantitative estimate of drug-likeness (QED) is 0.846. The second-order valence-corrected chi connectivity index (χ2v) is 4.35. The summed E-state index contributed by atoms with van der Waals surface area (Å²) in [4.78, 5) is 13.0. The van der Waals surface area contributed by atoms with Gasteiger partial charge in [-0.1, -0.05) is 0 Å². The molecule has 1 heterocycles. The van der Waals surface area contributed by atoms with Gasteiger partial charge in [0.05, 0.1) is 13.2 Å². The van der Waals surface area contributed by atoms with Crippen molar-refractivity contribution in [1.82, 2.24) is 0 Å². The molecule has 0 radical (unpaired) electrons. The number of carboxylic acids is 1. The van der Waals surface area contributed by atoms with Crippen LogP contribution in [0.3, 0.4) is 0 Å². The fourth-order valence-electron chi connectivity index (χ4n) is 1.90. The monoisotopic (exact) mass is 250 g/mol. The van der Waals surface area contributed by atoms with Gasteiger partial charge in [0, 0.05) is 24.5 Å². The van der Waals surface area contributed by atoms with Crippen LogP contribution in [-0.4, -0.2) is 43.4 Å². The Kier molecular flexibility index (Phi) is 4.04. The number of hydrogen-bond acceptors (Lipinski definition) is 4. The molecule has 0 spiro atoms. The maximum absolute atomic E-state index is 10.7. The highest BCUT2D eigenvalue weighted by atomic mass is 16.5. The number of hydrogen-bond donors (Lipinski definition) is 2. The number of anilines is 2. The van der Waals surface area contributed by atoms with Crippen LogP contribution in [0.5, 0.6) is 0 Å². The lowest BCUT2D eigenvalue weighted by atomic mass is 10.2. The van der Waals surface area contributed by atoms with Crippen molar-refractivity contribution in [3.05, 3.63) is 24.3 Å². The molecular formula is C13H18N2O3. The van der Waals surface area contributed by atoms with Gasteiger partial charge in [0.25, 0.3) is 0 Å². The number of morpholine rings is 1. The van der Waals surface area contributed by atoms with Crippen molar-refractivity contribution in [2.24, 2.45) is 0 Å². The minimum Gasteiger partial charge on any atom is -0.480 e. The molecule has 1 atom stereocenters. The zero-order chi connectivity index (χ0) is 13.0. The molecule has 1 aliphatic heterocycles. The summed E-state index contributed by atoms with van der Waals surface area (Å²) in [6.07, 6.45) is 0. The van der Waals surface area contributed by atoms with Crippen LogP contribution in [0.25, 0.3) is 0 Å². The fraction of sp³-hybridized carbons (Fsp3) is 0.462. The smallest absolute Gasteiger partial charge is 0.325 e. The number of nitrogens with zero attached hydrogens (tertiary/aromatic N) is 1. The van der Waals surface area contributed by atoms with Crippen molar-refractivity contribution in [2.75, 3.05) is 36.5 Å². The summed E-state index contributed by atoms with van der Waals surface area (Å²) in [5, 5.41) is 11.7. The molecule has 2 rings (SSSR count). The lowest BCUT2D eigenvalue weighted by Gasteiger charge is -2.29. The highest BCUT2D eigenvalue weighted by Gasteiger charge is 2.12. The van der Waals surface area contributed by atoms with E-state index in [0.29, 0.717) is 0 Å². The van der Waals surface area contributed by atoms with Crippen molar-refractivity contribution in [1.29, 1.82) is 0 Å². The third kappa shape index (κ3) is 3.13. The molecule has 1 fully saturated rings. The Morgan fingerprint density at radius 1 is 1.33 bits per heavy atom. The van der Waals surface area contributed by atoms with E-state index < -0.39 is 12.0 Å². The van der Waals surface area contributed by atoms with Crippen LogP contribution in [-0.2, 0) is 9.53 Å². The van der Waals surface area contributed by atoms with Crippen LogP contribution < -0.4 is 10.2 Å². The van der Waals surface area contributed by atoms with Crippen LogP contribution in [0.1, 0.15) is 6.92 Å². The number of nitrogens with one attached hydrogen (secondary N) is 1. The summed E-state index contributed by atoms with van der Waals surface area (Å²) >= 11 is 0. The first-order chi connectivity index (χ1) is 8.66. The first-order valence-corrected chi connectivity index (χ1v) is 6.09. The molecule has 1 aromatic carbocycles. The molecule has 2 N–H and O–H groups in total. The van der Waals surface area contributed by atoms with E-state index >= 15 is 0 Å². The van der Waals surface area contributed by atoms with Gasteiger partial charge in [0.2, 0.25) is 0 Å². The van der Waals surface area contributed by atoms with Gasteiger partial charge in [-0.2, -0.15) is 0 Å². The summed E-state index contributed by atoms with van der Waals surface area (Å²) < 4.78 is 5.30. The van der Waals surface area contributed by atoms with Crippen molar-refractivity contribution in [3.8, 4) is 0 Å². The topological polar surface area (TPSA) is 61.8 Å². The number of carboxylic acid groups (broad SMARTS) is 1. The van der Waals surface area contributed by atoms with Gasteiger partial charge in [-0.15, -0.1) is 0 Å². The Morgan fingerprint density at radius 2 is 1.94 bits per heavy atom. The van der Waals surface area contributed by atoms with Crippen molar-refractivity contribution in [2.45, 2.75) is 13.0 Å². The molecule has 5 heteroatoms. The predicted octanol–water partition coefficient (Wildman–Crippen LogP) is 1.41. The minimum absolute atomic E-state index is 0.584. The Morgan fingerprint density at radius 3 is 2.50 bits per heavy atom. The van der Waals surface area contributed by atoms with Gasteiger partial charge in [0.15, 0.2) is 0 Å². The molecule has 98 valence electrons. The molecule has 18 heavy (non-hydrogen) atoms. The summed E-state index contributed by atoms with van der Waals surface area (Å²) in [5.41, 5.74) is 1.97. The van der Waals surface area contributed by atoms with Crippen molar-refractivity contribution < 1.29 is 14.6 Å². The average Bonchev–Trinajstić information content (AvgIpc) is 2.40. The predicted molar refractivity (Wildman–Crippen MR) is 70.2 cm³/mol. The zero-order valence-electron chi connectivity index (χ0n) is 10.4. The number of rotatable bonds is 4. The Bertz CT molecular complexity index is 399. The molecule has 1 aromatic rings. The van der Waals surface area contributed by atoms with Crippen LogP contribution >= 0.6 is 0 Å². The molecule has 1 aliphatic rings. The van der Waals surface area contributed by atoms with Gasteiger partial charge in [-0.3, -0.25) is 4.79 Å². The number of benzene rings is 1. The molecule has 5 nitrogen and oxygen atoms in total. The van der Waals surface area contributed by atoms with E-state index in [2.05, 4.69) is 10.2 Å². The van der Waals surface area contributed by atoms with Crippen molar-refractivity contribution in [3.63, 3.8) is 0 Å². The van der Waals surface area contributed by atoms with Crippen LogP contribution in [0.15, 0.2) is 24.3 Å². The first-order valence-electron chi connectivity index (χ1n) is 6.09. The van der Waals surface area contributed by atoms with E-state index in [1.165, 1.54) is 0 Å². The molecule has 1 saturated heterocycles. The number of carbonyl (C=O) groups is 1. The normalized spacial score (nSPS) is 17.3. The van der Waals surface area contributed by atoms with Crippen LogP contribution in [0, 0.1) is 0 Å². The van der Waals surface area contributed by atoms with E-state index in [4.69, 9.17) is 9.84 Å². The van der Waals surface area contributed by atoms with Gasteiger partial charge < -0.3 is 20.1 Å². The highest BCUT2D eigenvalue weighted by Crippen LogP contribution is 2.19. The maximum Gasteiger partial charge on any atom is 0.325 e. The lowest BCUT2D eigenvalue weighted by Crippen LogP contribution is -2.36. The highest BCUT2D eigenvalue weighted by molar-refractivity contribution is 5.76. The summed E-state index contributed by atoms with van der Waals surface area (Å²) in [6, 6.07) is 7.23. The molecule has 0 aliphatic carbocycles. The standard InChI is InChI=1S/C13H18N2O3/c1-10(13(16)17)14-11-2-4-12(5-3-11)15-6-8-18-9-7-15/h2-5,10,14H,6-9H2,1H3,(H,16,17)/t10-/m0/s1. The van der Waals surface area contributed by atoms with E-state index in [9.17, 15) is 4.79 Å². The third-order valence-corrected chi connectivity index (χ3v) is 3.00. The van der Waals surface area contributed by atoms with Gasteiger partial charge in [-0.05, 0) is 31.2 Å². The molecular weight excluding hydrogens is 232 g/mol. The molecule has 0 unspecified atom stereocenters. The fourth-order valence-corrected chi connectivity index (χ4v) is 1.90. The number of ether oxygens (including phenoxy) is 1. The summed E-state index contributed by atoms with van der Waals surface area (Å²) in [6.45, 7) is 4.95. The molecule has 0 amide bonds. The Balaban J connectivity index is 1.98. The zero-order valence-corrected chi connectivity index (χ0v) is 10.4. The molecule has 0 saturated carbocycles. The van der Waals surface area contributed by atoms with Gasteiger partial charge in [0.1, 0.15) is 6.04 Å². The summed E-state index contributed by atoms with van der Waals surface area (Å²) in [7, 11) is 0. The average molecular weight is 250 g/mol. The van der Waals surface area contributed by atoms with Crippen LogP contribution in [0.2, 0.25) is 0 Å². The first kappa shape index (κ1) is 12.7. The maximum atomic E-state index is 10.7. The van der Waals surface area contributed by atoms with E-state index in [0.717, 1.165) is 37.7 Å². The molecule has 0 bridgehead atoms. The SMILES string of the molecule is C[C@H](Nc1ccc(N2CCOCC2)cc1)C(=O)O. The Labute approximate surface area is 106 Å². The van der Waals surface area contributed by atoms with E-state index in [-0.39, 0.29) is 0 Å². The second kappa shape index (κ2) is 5.73. The van der Waals surface area contributed by atoms with E-state index in [1.807, 2.05) is 24.3 Å². The lowest BCUT2D eigenvalue weighted by molar-refractivity contribution is -0.137. The summed E-state index contributed by atoms with van der Waals surface area (Å²) in [5.74, 6) is -0.854. The van der Waals surface area contributed by atoms with Crippen molar-refractivity contribution >= 4 is 17.3 Å². The van der Waals surface area contributed by atoms with Gasteiger partial charge in [-0.25, -0.2) is 0 Å². The van der Waals surface area contributed by atoms with Gasteiger partial charge >= 0.3 is 5.97 Å². The number of aliphatic carboxylic acids is 1. The van der Waals surface area contributed by atoms with Crippen LogP contribution in [0.4, 0.5) is 11.4 Å². The Hall–Kier alpha value is -1.75. The van der Waals surface area contributed by atoms with E-state index in [1.54, 1.807) is 6.92 Å². The second-order valence-electron chi connectivity index (χ2n) is 4.35. The third-order valence-electron chi connectivity index (χ3n) is 3.00. The largest absolute Gasteiger partial charge is 0.480 e.